The first-order chi connectivity index (χ1) is 8.35. The van der Waals surface area contributed by atoms with Crippen LogP contribution >= 0.6 is 0 Å². The normalized spacial score (nSPS) is 29.1. The standard InChI is InChI=1S/C15H30N2/c1-3-11-16-15-7-5-6-13(15)10-12-17(4-2)14-8-9-14/h13-16H,3-12H2,1-2H3. The average Bonchev–Trinajstić information content (AvgIpc) is 3.08. The number of nitrogens with zero attached hydrogens (tertiary/aromatic N) is 1. The van der Waals surface area contributed by atoms with Gasteiger partial charge in [0.25, 0.3) is 0 Å². The highest BCUT2D eigenvalue weighted by molar-refractivity contribution is 4.87. The van der Waals surface area contributed by atoms with E-state index in [-0.39, 0.29) is 0 Å². The molecule has 2 rings (SSSR count). The summed E-state index contributed by atoms with van der Waals surface area (Å²) in [7, 11) is 0. The molecule has 2 aliphatic rings. The summed E-state index contributed by atoms with van der Waals surface area (Å²) in [6.45, 7) is 8.39. The summed E-state index contributed by atoms with van der Waals surface area (Å²) in [5, 5.41) is 3.75. The van der Waals surface area contributed by atoms with E-state index in [4.69, 9.17) is 0 Å². The Morgan fingerprint density at radius 3 is 2.59 bits per heavy atom. The van der Waals surface area contributed by atoms with Crippen LogP contribution in [-0.4, -0.2) is 36.6 Å². The van der Waals surface area contributed by atoms with E-state index in [1.165, 1.54) is 64.6 Å². The molecule has 2 fully saturated rings. The van der Waals surface area contributed by atoms with Crippen molar-refractivity contribution in [2.24, 2.45) is 5.92 Å². The van der Waals surface area contributed by atoms with E-state index in [1.54, 1.807) is 0 Å². The molecule has 0 bridgehead atoms. The van der Waals surface area contributed by atoms with Crippen LogP contribution in [-0.2, 0) is 0 Å². The van der Waals surface area contributed by atoms with Crippen LogP contribution in [0.2, 0.25) is 0 Å². The maximum Gasteiger partial charge on any atom is 0.00963 e. The molecule has 0 saturated heterocycles. The number of hydrogen-bond acceptors (Lipinski definition) is 2. The molecule has 0 spiro atoms. The highest BCUT2D eigenvalue weighted by Crippen LogP contribution is 2.31. The van der Waals surface area contributed by atoms with Crippen molar-refractivity contribution in [3.05, 3.63) is 0 Å². The van der Waals surface area contributed by atoms with Gasteiger partial charge in [-0.25, -0.2) is 0 Å². The monoisotopic (exact) mass is 238 g/mol. The van der Waals surface area contributed by atoms with Crippen LogP contribution in [0.15, 0.2) is 0 Å². The van der Waals surface area contributed by atoms with Gasteiger partial charge in [-0.3, -0.25) is 0 Å². The molecule has 0 heterocycles. The molecule has 2 aliphatic carbocycles. The molecule has 2 saturated carbocycles. The maximum atomic E-state index is 3.75. The molecule has 0 aliphatic heterocycles. The van der Waals surface area contributed by atoms with Gasteiger partial charge in [0.1, 0.15) is 0 Å². The van der Waals surface area contributed by atoms with Crippen LogP contribution in [0.25, 0.3) is 0 Å². The second-order valence-electron chi connectivity index (χ2n) is 5.90. The van der Waals surface area contributed by atoms with Gasteiger partial charge in [0.05, 0.1) is 0 Å². The fraction of sp³-hybridized carbons (Fsp3) is 1.00. The molecular formula is C15H30N2. The van der Waals surface area contributed by atoms with Crippen molar-refractivity contribution in [1.82, 2.24) is 10.2 Å². The van der Waals surface area contributed by atoms with Crippen molar-refractivity contribution in [3.63, 3.8) is 0 Å². The lowest BCUT2D eigenvalue weighted by atomic mass is 9.99. The molecule has 2 heteroatoms. The quantitative estimate of drug-likeness (QED) is 0.699. The molecule has 0 radical (unpaired) electrons. The second kappa shape index (κ2) is 6.75. The Bertz CT molecular complexity index is 213. The van der Waals surface area contributed by atoms with E-state index in [0.717, 1.165) is 18.0 Å². The molecule has 2 unspecified atom stereocenters. The Labute approximate surface area is 107 Å². The Balaban J connectivity index is 1.69. The van der Waals surface area contributed by atoms with E-state index >= 15 is 0 Å². The largest absolute Gasteiger partial charge is 0.314 e. The molecule has 0 amide bonds. The van der Waals surface area contributed by atoms with E-state index < -0.39 is 0 Å². The predicted octanol–water partition coefficient (Wildman–Crippen LogP) is 3.03. The topological polar surface area (TPSA) is 15.3 Å². The predicted molar refractivity (Wildman–Crippen MR) is 74.3 cm³/mol. The molecule has 2 nitrogen and oxygen atoms in total. The average molecular weight is 238 g/mol. The van der Waals surface area contributed by atoms with Crippen molar-refractivity contribution >= 4 is 0 Å². The summed E-state index contributed by atoms with van der Waals surface area (Å²) in [5.74, 6) is 0.953. The molecule has 0 aromatic heterocycles. The van der Waals surface area contributed by atoms with E-state index in [1.807, 2.05) is 0 Å². The number of nitrogens with one attached hydrogen (secondary N) is 1. The van der Waals surface area contributed by atoms with Gasteiger partial charge < -0.3 is 10.2 Å². The van der Waals surface area contributed by atoms with E-state index in [9.17, 15) is 0 Å². The Kier molecular flexibility index (Phi) is 5.30. The van der Waals surface area contributed by atoms with Crippen LogP contribution in [0.4, 0.5) is 0 Å². The zero-order valence-corrected chi connectivity index (χ0v) is 11.8. The van der Waals surface area contributed by atoms with Gasteiger partial charge in [0.15, 0.2) is 0 Å². The SMILES string of the molecule is CCCNC1CCCC1CCN(CC)C1CC1. The van der Waals surface area contributed by atoms with Gasteiger partial charge in [-0.1, -0.05) is 20.3 Å². The van der Waals surface area contributed by atoms with Gasteiger partial charge in [-0.05, 0) is 64.1 Å². The van der Waals surface area contributed by atoms with Gasteiger partial charge in [0, 0.05) is 12.1 Å². The maximum absolute atomic E-state index is 3.75. The minimum atomic E-state index is 0.827. The van der Waals surface area contributed by atoms with Gasteiger partial charge in [-0.15, -0.1) is 0 Å². The third kappa shape index (κ3) is 3.96. The molecule has 0 aromatic rings. The number of rotatable bonds is 8. The zero-order valence-electron chi connectivity index (χ0n) is 11.8. The van der Waals surface area contributed by atoms with Crippen LogP contribution in [0, 0.1) is 5.92 Å². The fourth-order valence-electron chi connectivity index (χ4n) is 3.35. The Hall–Kier alpha value is -0.0800. The lowest BCUT2D eigenvalue weighted by molar-refractivity contribution is 0.242. The minimum absolute atomic E-state index is 0.827. The van der Waals surface area contributed by atoms with Crippen molar-refractivity contribution in [2.75, 3.05) is 19.6 Å². The zero-order chi connectivity index (χ0) is 12.1. The van der Waals surface area contributed by atoms with Crippen molar-refractivity contribution in [2.45, 2.75) is 70.9 Å². The molecule has 2 atom stereocenters. The summed E-state index contributed by atoms with van der Waals surface area (Å²) in [5.41, 5.74) is 0. The first-order valence-corrected chi connectivity index (χ1v) is 7.82. The summed E-state index contributed by atoms with van der Waals surface area (Å²) in [6.07, 6.45) is 9.93. The Morgan fingerprint density at radius 1 is 1.12 bits per heavy atom. The van der Waals surface area contributed by atoms with Crippen LogP contribution < -0.4 is 5.32 Å². The smallest absolute Gasteiger partial charge is 0.00963 e. The molecular weight excluding hydrogens is 208 g/mol. The van der Waals surface area contributed by atoms with E-state index in [2.05, 4.69) is 24.1 Å². The number of hydrogen-bond donors (Lipinski definition) is 1. The molecule has 1 N–H and O–H groups in total. The molecule has 100 valence electrons. The fourth-order valence-corrected chi connectivity index (χ4v) is 3.35. The lowest BCUT2D eigenvalue weighted by Crippen LogP contribution is -2.35. The third-order valence-electron chi connectivity index (χ3n) is 4.57. The Morgan fingerprint density at radius 2 is 1.94 bits per heavy atom. The summed E-state index contributed by atoms with van der Waals surface area (Å²) in [4.78, 5) is 2.70. The minimum Gasteiger partial charge on any atom is -0.314 e. The summed E-state index contributed by atoms with van der Waals surface area (Å²) in [6, 6.07) is 1.77. The lowest BCUT2D eigenvalue weighted by Gasteiger charge is -2.25. The van der Waals surface area contributed by atoms with Gasteiger partial charge >= 0.3 is 0 Å². The van der Waals surface area contributed by atoms with Crippen LogP contribution in [0.3, 0.4) is 0 Å². The van der Waals surface area contributed by atoms with E-state index in [0.29, 0.717) is 0 Å². The third-order valence-corrected chi connectivity index (χ3v) is 4.57. The highest BCUT2D eigenvalue weighted by atomic mass is 15.2. The molecule has 17 heavy (non-hydrogen) atoms. The van der Waals surface area contributed by atoms with Gasteiger partial charge in [-0.2, -0.15) is 0 Å². The second-order valence-corrected chi connectivity index (χ2v) is 5.90. The first-order valence-electron chi connectivity index (χ1n) is 7.82. The molecule has 0 aromatic carbocycles. The highest BCUT2D eigenvalue weighted by Gasteiger charge is 2.30. The van der Waals surface area contributed by atoms with Crippen molar-refractivity contribution in [1.29, 1.82) is 0 Å². The van der Waals surface area contributed by atoms with Crippen molar-refractivity contribution in [3.8, 4) is 0 Å². The summed E-state index contributed by atoms with van der Waals surface area (Å²) < 4.78 is 0. The van der Waals surface area contributed by atoms with Gasteiger partial charge in [0.2, 0.25) is 0 Å². The van der Waals surface area contributed by atoms with Crippen molar-refractivity contribution < 1.29 is 0 Å². The van der Waals surface area contributed by atoms with Crippen LogP contribution in [0.5, 0.6) is 0 Å². The van der Waals surface area contributed by atoms with Crippen LogP contribution in [0.1, 0.15) is 58.8 Å². The summed E-state index contributed by atoms with van der Waals surface area (Å²) >= 11 is 0. The first kappa shape index (κ1) is 13.4.